The highest BCUT2D eigenvalue weighted by Crippen LogP contribution is 2.33. The Kier molecular flexibility index (Phi) is 6.53. The summed E-state index contributed by atoms with van der Waals surface area (Å²) in [6, 6.07) is 22.7. The molecule has 0 radical (unpaired) electrons. The van der Waals surface area contributed by atoms with Gasteiger partial charge in [0.1, 0.15) is 0 Å². The van der Waals surface area contributed by atoms with Gasteiger partial charge >= 0.3 is 0 Å². The molecule has 0 unspecified atom stereocenters. The Morgan fingerprint density at radius 1 is 1.06 bits per heavy atom. The van der Waals surface area contributed by atoms with E-state index in [1.807, 2.05) is 50.1 Å². The molecule has 1 saturated heterocycles. The molecule has 0 bridgehead atoms. The number of fused-ring (bicyclic) bond motifs is 1. The molecule has 1 atom stereocenters. The molecule has 1 fully saturated rings. The first-order valence-electron chi connectivity index (χ1n) is 12.4. The van der Waals surface area contributed by atoms with Gasteiger partial charge in [-0.05, 0) is 55.7 Å². The molecule has 3 heterocycles. The van der Waals surface area contributed by atoms with Crippen molar-refractivity contribution < 1.29 is 9.53 Å². The number of nitrogens with zero attached hydrogens (tertiary/aromatic N) is 4. The average Bonchev–Trinajstić information content (AvgIpc) is 3.17. The van der Waals surface area contributed by atoms with Crippen LogP contribution in [0.2, 0.25) is 0 Å². The van der Waals surface area contributed by atoms with E-state index in [0.29, 0.717) is 11.8 Å². The minimum absolute atomic E-state index is 0.0208. The van der Waals surface area contributed by atoms with Gasteiger partial charge in [0, 0.05) is 26.2 Å². The first-order valence-corrected chi connectivity index (χ1v) is 12.4. The number of ether oxygens (including phenoxy) is 1. The SMILES string of the molecule is Cc1nn(C)c2nc(O[C@@H](C)C(=O)N3CCC(Cc4ccccc4)CC3)cc(-c3ccccc3)c12. The van der Waals surface area contributed by atoms with Gasteiger partial charge in [-0.25, -0.2) is 0 Å². The van der Waals surface area contributed by atoms with E-state index in [-0.39, 0.29) is 5.91 Å². The van der Waals surface area contributed by atoms with E-state index in [4.69, 9.17) is 9.72 Å². The molecule has 4 aromatic rings. The van der Waals surface area contributed by atoms with Crippen LogP contribution in [0.1, 0.15) is 31.0 Å². The van der Waals surface area contributed by atoms with Crippen molar-refractivity contribution in [3.8, 4) is 17.0 Å². The minimum Gasteiger partial charge on any atom is -0.464 e. The van der Waals surface area contributed by atoms with Gasteiger partial charge < -0.3 is 9.64 Å². The number of hydrogen-bond acceptors (Lipinski definition) is 4. The highest BCUT2D eigenvalue weighted by molar-refractivity contribution is 5.95. The van der Waals surface area contributed by atoms with E-state index in [1.165, 1.54) is 5.56 Å². The lowest BCUT2D eigenvalue weighted by Gasteiger charge is -2.33. The maximum atomic E-state index is 13.2. The van der Waals surface area contributed by atoms with Crippen LogP contribution in [0.25, 0.3) is 22.2 Å². The first kappa shape index (κ1) is 23.1. The molecular formula is C29H32N4O2. The molecule has 1 amide bonds. The Morgan fingerprint density at radius 2 is 1.71 bits per heavy atom. The van der Waals surface area contributed by atoms with Crippen LogP contribution in [0.3, 0.4) is 0 Å². The third kappa shape index (κ3) is 4.92. The van der Waals surface area contributed by atoms with Crippen molar-refractivity contribution in [2.45, 2.75) is 39.2 Å². The number of hydrogen-bond donors (Lipinski definition) is 0. The highest BCUT2D eigenvalue weighted by Gasteiger charge is 2.28. The molecule has 0 aliphatic carbocycles. The maximum Gasteiger partial charge on any atom is 0.263 e. The molecule has 6 nitrogen and oxygen atoms in total. The Bertz CT molecular complexity index is 1310. The average molecular weight is 469 g/mol. The molecular weight excluding hydrogens is 436 g/mol. The number of pyridine rings is 1. The quantitative estimate of drug-likeness (QED) is 0.391. The number of rotatable bonds is 6. The molecule has 35 heavy (non-hydrogen) atoms. The van der Waals surface area contributed by atoms with E-state index in [2.05, 4.69) is 47.6 Å². The summed E-state index contributed by atoms with van der Waals surface area (Å²) < 4.78 is 7.91. The maximum absolute atomic E-state index is 13.2. The van der Waals surface area contributed by atoms with Gasteiger partial charge in [0.15, 0.2) is 11.8 Å². The Labute approximate surface area is 206 Å². The van der Waals surface area contributed by atoms with Crippen LogP contribution in [-0.4, -0.2) is 44.8 Å². The number of piperidine rings is 1. The van der Waals surface area contributed by atoms with Crippen LogP contribution in [0.5, 0.6) is 5.88 Å². The van der Waals surface area contributed by atoms with Crippen LogP contribution in [0.15, 0.2) is 66.7 Å². The van der Waals surface area contributed by atoms with Crippen LogP contribution in [-0.2, 0) is 18.3 Å². The predicted octanol–water partition coefficient (Wildman–Crippen LogP) is 5.19. The van der Waals surface area contributed by atoms with Crippen molar-refractivity contribution in [2.24, 2.45) is 13.0 Å². The van der Waals surface area contributed by atoms with Gasteiger partial charge in [-0.1, -0.05) is 60.7 Å². The monoisotopic (exact) mass is 468 g/mol. The lowest BCUT2D eigenvalue weighted by Crippen LogP contribution is -2.45. The van der Waals surface area contributed by atoms with Gasteiger partial charge in [-0.3, -0.25) is 9.48 Å². The Morgan fingerprint density at radius 3 is 2.40 bits per heavy atom. The number of carbonyl (C=O) groups is 1. The summed E-state index contributed by atoms with van der Waals surface area (Å²) >= 11 is 0. The number of likely N-dealkylation sites (tertiary alicyclic amines) is 1. The number of carbonyl (C=O) groups excluding carboxylic acids is 1. The summed E-state index contributed by atoms with van der Waals surface area (Å²) in [6.07, 6.45) is 2.50. The molecule has 2 aromatic heterocycles. The van der Waals surface area contributed by atoms with E-state index >= 15 is 0 Å². The molecule has 2 aromatic carbocycles. The standard InChI is InChI=1S/C29H32N4O2/c1-20-27-25(24-12-8-5-9-13-24)19-26(30-28(27)32(3)31-20)35-21(2)29(34)33-16-14-23(15-17-33)18-22-10-6-4-7-11-22/h4-13,19,21,23H,14-18H2,1-3H3/t21-/m0/s1. The first-order chi connectivity index (χ1) is 17.0. The summed E-state index contributed by atoms with van der Waals surface area (Å²) in [5, 5.41) is 5.57. The lowest BCUT2D eigenvalue weighted by atomic mass is 9.90. The van der Waals surface area contributed by atoms with Gasteiger partial charge in [0.05, 0.1) is 11.1 Å². The minimum atomic E-state index is -0.608. The molecule has 6 heteroatoms. The number of benzene rings is 2. The second-order valence-electron chi connectivity index (χ2n) is 9.50. The lowest BCUT2D eigenvalue weighted by molar-refractivity contribution is -0.139. The number of aryl methyl sites for hydroxylation is 2. The second-order valence-corrected chi connectivity index (χ2v) is 9.50. The third-order valence-electron chi connectivity index (χ3n) is 6.97. The summed E-state index contributed by atoms with van der Waals surface area (Å²) in [5.41, 5.74) is 5.12. The zero-order chi connectivity index (χ0) is 24.4. The van der Waals surface area contributed by atoms with E-state index < -0.39 is 6.10 Å². The Balaban J connectivity index is 1.29. The van der Waals surface area contributed by atoms with Crippen LogP contribution in [0, 0.1) is 12.8 Å². The summed E-state index contributed by atoms with van der Waals surface area (Å²) in [6.45, 7) is 5.35. The van der Waals surface area contributed by atoms with Gasteiger partial charge in [0.2, 0.25) is 5.88 Å². The zero-order valence-corrected chi connectivity index (χ0v) is 20.6. The summed E-state index contributed by atoms with van der Waals surface area (Å²) in [7, 11) is 1.88. The fourth-order valence-corrected chi connectivity index (χ4v) is 5.12. The van der Waals surface area contributed by atoms with Crippen molar-refractivity contribution >= 4 is 16.9 Å². The smallest absolute Gasteiger partial charge is 0.263 e. The molecule has 1 aliphatic heterocycles. The normalized spacial score (nSPS) is 15.3. The summed E-state index contributed by atoms with van der Waals surface area (Å²) in [4.78, 5) is 19.9. The number of aromatic nitrogens is 3. The van der Waals surface area contributed by atoms with E-state index in [1.54, 1.807) is 4.68 Å². The molecule has 0 saturated carbocycles. The van der Waals surface area contributed by atoms with E-state index in [9.17, 15) is 4.79 Å². The van der Waals surface area contributed by atoms with Crippen molar-refractivity contribution in [1.29, 1.82) is 0 Å². The Hall–Kier alpha value is -3.67. The van der Waals surface area contributed by atoms with Gasteiger partial charge in [-0.2, -0.15) is 10.1 Å². The number of amides is 1. The van der Waals surface area contributed by atoms with E-state index in [0.717, 1.165) is 60.2 Å². The van der Waals surface area contributed by atoms with Gasteiger partial charge in [0.25, 0.3) is 5.91 Å². The molecule has 180 valence electrons. The molecule has 0 N–H and O–H groups in total. The van der Waals surface area contributed by atoms with Gasteiger partial charge in [-0.15, -0.1) is 0 Å². The third-order valence-corrected chi connectivity index (χ3v) is 6.97. The molecule has 1 aliphatic rings. The van der Waals surface area contributed by atoms with Crippen molar-refractivity contribution in [2.75, 3.05) is 13.1 Å². The second kappa shape index (κ2) is 9.90. The predicted molar refractivity (Wildman–Crippen MR) is 138 cm³/mol. The largest absolute Gasteiger partial charge is 0.464 e. The van der Waals surface area contributed by atoms with Crippen LogP contribution >= 0.6 is 0 Å². The zero-order valence-electron chi connectivity index (χ0n) is 20.6. The van der Waals surface area contributed by atoms with Crippen molar-refractivity contribution in [3.05, 3.63) is 78.0 Å². The highest BCUT2D eigenvalue weighted by atomic mass is 16.5. The van der Waals surface area contributed by atoms with Crippen molar-refractivity contribution in [3.63, 3.8) is 0 Å². The molecule has 0 spiro atoms. The van der Waals surface area contributed by atoms with Crippen LogP contribution in [0.4, 0.5) is 0 Å². The van der Waals surface area contributed by atoms with Crippen LogP contribution < -0.4 is 4.74 Å². The molecule has 5 rings (SSSR count). The fraction of sp³-hybridized carbons (Fsp3) is 0.345. The summed E-state index contributed by atoms with van der Waals surface area (Å²) in [5.74, 6) is 1.08. The van der Waals surface area contributed by atoms with Crippen molar-refractivity contribution in [1.82, 2.24) is 19.7 Å². The topological polar surface area (TPSA) is 60.2 Å². The fourth-order valence-electron chi connectivity index (χ4n) is 5.12.